The van der Waals surface area contributed by atoms with E-state index in [0.717, 1.165) is 23.5 Å². The maximum Gasteiger partial charge on any atom is 0.417 e. The Morgan fingerprint density at radius 2 is 1.93 bits per heavy atom. The molecule has 0 fully saturated rings. The first-order chi connectivity index (χ1) is 13.8. The third-order valence-electron chi connectivity index (χ3n) is 4.21. The first-order valence-corrected chi connectivity index (χ1v) is 9.08. The molecular formula is C19H13F3N2O4S. The largest absolute Gasteiger partial charge is 0.506 e. The highest BCUT2D eigenvalue weighted by atomic mass is 32.1. The quantitative estimate of drug-likeness (QED) is 0.473. The van der Waals surface area contributed by atoms with Crippen molar-refractivity contribution < 1.29 is 27.8 Å². The van der Waals surface area contributed by atoms with Gasteiger partial charge < -0.3 is 19.6 Å². The van der Waals surface area contributed by atoms with Crippen LogP contribution in [0.2, 0.25) is 0 Å². The zero-order valence-electron chi connectivity index (χ0n) is 14.8. The van der Waals surface area contributed by atoms with Gasteiger partial charge in [-0.05, 0) is 30.3 Å². The van der Waals surface area contributed by atoms with Crippen LogP contribution in [0.1, 0.15) is 5.56 Å². The van der Waals surface area contributed by atoms with Gasteiger partial charge >= 0.3 is 6.18 Å². The third-order valence-corrected chi connectivity index (χ3v) is 5.32. The third kappa shape index (κ3) is 3.52. The van der Waals surface area contributed by atoms with E-state index in [4.69, 9.17) is 9.47 Å². The molecule has 0 aliphatic heterocycles. The summed E-state index contributed by atoms with van der Waals surface area (Å²) in [6, 6.07) is 8.23. The smallest absolute Gasteiger partial charge is 0.417 e. The van der Waals surface area contributed by atoms with Crippen LogP contribution >= 0.6 is 11.3 Å². The van der Waals surface area contributed by atoms with Crippen molar-refractivity contribution in [3.8, 4) is 22.8 Å². The summed E-state index contributed by atoms with van der Waals surface area (Å²) in [7, 11) is 1.47. The predicted molar refractivity (Wildman–Crippen MR) is 102 cm³/mol. The summed E-state index contributed by atoms with van der Waals surface area (Å²) in [6.45, 7) is 0.0469. The highest BCUT2D eigenvalue weighted by Crippen LogP contribution is 2.44. The molecule has 4 aromatic rings. The molecule has 3 heterocycles. The van der Waals surface area contributed by atoms with Crippen LogP contribution in [0.4, 0.5) is 13.2 Å². The average Bonchev–Trinajstić information content (AvgIpc) is 3.04. The Hall–Kier alpha value is -3.11. The SMILES string of the molecule is COCOc1ccc(-c2cc(C(F)(F)F)c3c(n2)sc2c(O)cc(=O)[nH]c23)cc1. The second-order valence-corrected chi connectivity index (χ2v) is 7.13. The van der Waals surface area contributed by atoms with E-state index in [0.29, 0.717) is 11.3 Å². The number of hydrogen-bond donors (Lipinski definition) is 2. The van der Waals surface area contributed by atoms with Gasteiger partial charge in [-0.25, -0.2) is 4.98 Å². The van der Waals surface area contributed by atoms with Crippen LogP contribution in [0.5, 0.6) is 11.5 Å². The minimum absolute atomic E-state index is 0.0469. The first kappa shape index (κ1) is 19.2. The number of hydrogen-bond acceptors (Lipinski definition) is 6. The Morgan fingerprint density at radius 3 is 2.59 bits per heavy atom. The molecule has 0 unspecified atom stereocenters. The Balaban J connectivity index is 1.94. The number of halogens is 3. The monoisotopic (exact) mass is 422 g/mol. The molecule has 0 radical (unpaired) electrons. The molecule has 3 aromatic heterocycles. The van der Waals surface area contributed by atoms with Crippen molar-refractivity contribution in [2.45, 2.75) is 6.18 Å². The highest BCUT2D eigenvalue weighted by Gasteiger charge is 2.35. The normalized spacial score (nSPS) is 12.0. The van der Waals surface area contributed by atoms with E-state index < -0.39 is 17.3 Å². The molecule has 2 N–H and O–H groups in total. The fourth-order valence-electron chi connectivity index (χ4n) is 2.97. The molecule has 1 aromatic carbocycles. The predicted octanol–water partition coefficient (Wildman–Crippen LogP) is 4.51. The fraction of sp³-hybridized carbons (Fsp3) is 0.158. The first-order valence-electron chi connectivity index (χ1n) is 8.27. The molecule has 0 aliphatic rings. The van der Waals surface area contributed by atoms with E-state index in [1.165, 1.54) is 7.11 Å². The van der Waals surface area contributed by atoms with Crippen molar-refractivity contribution in [3.63, 3.8) is 0 Å². The minimum Gasteiger partial charge on any atom is -0.506 e. The van der Waals surface area contributed by atoms with Gasteiger partial charge in [0.05, 0.1) is 21.5 Å². The minimum atomic E-state index is -4.69. The van der Waals surface area contributed by atoms with Gasteiger partial charge in [-0.15, -0.1) is 11.3 Å². The number of ether oxygens (including phenoxy) is 2. The van der Waals surface area contributed by atoms with Gasteiger partial charge in [-0.1, -0.05) is 0 Å². The lowest BCUT2D eigenvalue weighted by molar-refractivity contribution is -0.136. The van der Waals surface area contributed by atoms with Gasteiger partial charge in [-0.2, -0.15) is 13.2 Å². The number of nitrogens with one attached hydrogen (secondary N) is 1. The maximum absolute atomic E-state index is 13.8. The lowest BCUT2D eigenvalue weighted by Gasteiger charge is -2.11. The number of thiophene rings is 1. The molecule has 0 saturated carbocycles. The van der Waals surface area contributed by atoms with Crippen LogP contribution in [0, 0.1) is 0 Å². The van der Waals surface area contributed by atoms with E-state index in [1.54, 1.807) is 24.3 Å². The van der Waals surface area contributed by atoms with E-state index >= 15 is 0 Å². The summed E-state index contributed by atoms with van der Waals surface area (Å²) in [6.07, 6.45) is -4.69. The molecule has 0 saturated heterocycles. The molecule has 0 atom stereocenters. The summed E-state index contributed by atoms with van der Waals surface area (Å²) in [5, 5.41) is 9.75. The van der Waals surface area contributed by atoms with Gasteiger partial charge in [-0.3, -0.25) is 4.79 Å². The lowest BCUT2D eigenvalue weighted by Crippen LogP contribution is -2.08. The van der Waals surface area contributed by atoms with Crippen LogP contribution in [0.25, 0.3) is 31.7 Å². The molecule has 0 aliphatic carbocycles. The lowest BCUT2D eigenvalue weighted by atomic mass is 10.1. The van der Waals surface area contributed by atoms with Crippen LogP contribution in [-0.2, 0) is 10.9 Å². The molecule has 6 nitrogen and oxygen atoms in total. The number of fused-ring (bicyclic) bond motifs is 3. The van der Waals surface area contributed by atoms with Gasteiger partial charge in [0.1, 0.15) is 16.3 Å². The van der Waals surface area contributed by atoms with Crippen LogP contribution in [0.3, 0.4) is 0 Å². The number of H-pyrrole nitrogens is 1. The van der Waals surface area contributed by atoms with Crippen molar-refractivity contribution in [1.29, 1.82) is 0 Å². The van der Waals surface area contributed by atoms with Gasteiger partial charge in [0.25, 0.3) is 5.56 Å². The molecule has 0 amide bonds. The van der Waals surface area contributed by atoms with Crippen molar-refractivity contribution in [2.24, 2.45) is 0 Å². The van der Waals surface area contributed by atoms with E-state index in [9.17, 15) is 23.1 Å². The number of aromatic amines is 1. The standard InChI is InChI=1S/C19H13F3N2O4S/c1-27-8-28-10-4-2-9(3-5-10)12-6-11(19(20,21)22)15-16-17(29-18(15)23-12)13(25)7-14(26)24-16/h2-7H,8H2,1H3,(H2,24,25,26). The number of methoxy groups -OCH3 is 1. The number of aromatic hydroxyl groups is 1. The zero-order chi connectivity index (χ0) is 20.8. The number of pyridine rings is 2. The van der Waals surface area contributed by atoms with Crippen molar-refractivity contribution in [2.75, 3.05) is 13.9 Å². The molecule has 10 heteroatoms. The fourth-order valence-corrected chi connectivity index (χ4v) is 4.04. The number of alkyl halides is 3. The highest BCUT2D eigenvalue weighted by molar-refractivity contribution is 7.25. The van der Waals surface area contributed by atoms with Gasteiger partial charge in [0, 0.05) is 24.1 Å². The molecule has 0 spiro atoms. The van der Waals surface area contributed by atoms with E-state index in [1.807, 2.05) is 0 Å². The Labute approximate surface area is 165 Å². The van der Waals surface area contributed by atoms with Crippen molar-refractivity contribution in [3.05, 3.63) is 52.3 Å². The Kier molecular flexibility index (Phi) is 4.67. The maximum atomic E-state index is 13.8. The number of aromatic nitrogens is 2. The second kappa shape index (κ2) is 7.05. The molecule has 150 valence electrons. The number of benzene rings is 1. The summed E-state index contributed by atoms with van der Waals surface area (Å²) >= 11 is 0.878. The summed E-state index contributed by atoms with van der Waals surface area (Å²) < 4.78 is 51.7. The van der Waals surface area contributed by atoms with E-state index in [2.05, 4.69) is 9.97 Å². The topological polar surface area (TPSA) is 84.4 Å². The van der Waals surface area contributed by atoms with Crippen molar-refractivity contribution >= 4 is 31.8 Å². The molecule has 4 rings (SSSR count). The summed E-state index contributed by atoms with van der Waals surface area (Å²) in [5.41, 5.74) is -1.15. The van der Waals surface area contributed by atoms with Gasteiger partial charge in [0.2, 0.25) is 0 Å². The van der Waals surface area contributed by atoms with Crippen molar-refractivity contribution in [1.82, 2.24) is 9.97 Å². The average molecular weight is 422 g/mol. The second-order valence-electron chi connectivity index (χ2n) is 6.13. The Bertz CT molecular complexity index is 1260. The molecule has 0 bridgehead atoms. The van der Waals surface area contributed by atoms with Crippen LogP contribution in [0.15, 0.2) is 41.2 Å². The summed E-state index contributed by atoms with van der Waals surface area (Å²) in [5.74, 6) is 0.109. The zero-order valence-corrected chi connectivity index (χ0v) is 15.6. The van der Waals surface area contributed by atoms with Gasteiger partial charge in [0.15, 0.2) is 6.79 Å². The molecule has 29 heavy (non-hydrogen) atoms. The van der Waals surface area contributed by atoms with E-state index in [-0.39, 0.29) is 38.7 Å². The van der Waals surface area contributed by atoms with Crippen LogP contribution < -0.4 is 10.3 Å². The number of rotatable bonds is 4. The number of nitrogens with zero attached hydrogens (tertiary/aromatic N) is 1. The molecular weight excluding hydrogens is 409 g/mol. The summed E-state index contributed by atoms with van der Waals surface area (Å²) in [4.78, 5) is 18.4. The Morgan fingerprint density at radius 1 is 1.21 bits per heavy atom. The van der Waals surface area contributed by atoms with Crippen LogP contribution in [-0.4, -0.2) is 29.0 Å².